The third-order valence-electron chi connectivity index (χ3n) is 2.30. The number of carbonyl (C=O) groups excluding carboxylic acids is 1. The summed E-state index contributed by atoms with van der Waals surface area (Å²) in [6.07, 6.45) is 1.23. The number of primary amides is 1. The van der Waals surface area contributed by atoms with Gasteiger partial charge in [0.15, 0.2) is 0 Å². The highest BCUT2D eigenvalue weighted by Crippen LogP contribution is 2.28. The van der Waals surface area contributed by atoms with Crippen LogP contribution in [-0.2, 0) is 16.1 Å². The van der Waals surface area contributed by atoms with E-state index in [9.17, 15) is 14.9 Å². The van der Waals surface area contributed by atoms with Gasteiger partial charge in [0.05, 0.1) is 16.8 Å². The van der Waals surface area contributed by atoms with Crippen LogP contribution in [0, 0.1) is 10.1 Å². The van der Waals surface area contributed by atoms with Crippen LogP contribution in [0.3, 0.4) is 0 Å². The third kappa shape index (κ3) is 1.60. The highest BCUT2D eigenvalue weighted by molar-refractivity contribution is 6.19. The Bertz CT molecular complexity index is 508. The van der Waals surface area contributed by atoms with Crippen molar-refractivity contribution < 1.29 is 14.5 Å². The van der Waals surface area contributed by atoms with Crippen molar-refractivity contribution in [2.45, 2.75) is 6.61 Å². The zero-order chi connectivity index (χ0) is 11.7. The molecule has 82 valence electrons. The molecule has 16 heavy (non-hydrogen) atoms. The number of fused-ring (bicyclic) bond motifs is 1. The van der Waals surface area contributed by atoms with Gasteiger partial charge in [0.1, 0.15) is 6.61 Å². The van der Waals surface area contributed by atoms with E-state index in [1.54, 1.807) is 6.07 Å². The van der Waals surface area contributed by atoms with Crippen molar-refractivity contribution in [3.8, 4) is 0 Å². The van der Waals surface area contributed by atoms with Crippen molar-refractivity contribution in [1.29, 1.82) is 0 Å². The number of ether oxygens (including phenoxy) is 1. The molecular weight excluding hydrogens is 212 g/mol. The fourth-order valence-corrected chi connectivity index (χ4v) is 1.52. The Morgan fingerprint density at radius 3 is 2.88 bits per heavy atom. The Balaban J connectivity index is 2.56. The zero-order valence-corrected chi connectivity index (χ0v) is 8.17. The highest BCUT2D eigenvalue weighted by Gasteiger charge is 2.20. The molecule has 0 aromatic heterocycles. The van der Waals surface area contributed by atoms with E-state index in [0.717, 1.165) is 0 Å². The number of nitrogens with two attached hydrogens (primary N) is 1. The first-order valence-electron chi connectivity index (χ1n) is 4.49. The summed E-state index contributed by atoms with van der Waals surface area (Å²) >= 11 is 0. The van der Waals surface area contributed by atoms with Gasteiger partial charge in [-0.2, -0.15) is 0 Å². The minimum atomic E-state index is -0.665. The lowest BCUT2D eigenvalue weighted by Gasteiger charge is -2.15. The van der Waals surface area contributed by atoms with Crippen molar-refractivity contribution in [1.82, 2.24) is 0 Å². The average molecular weight is 220 g/mol. The molecule has 0 saturated heterocycles. The van der Waals surface area contributed by atoms with Crippen LogP contribution < -0.4 is 5.73 Å². The second kappa shape index (κ2) is 3.65. The summed E-state index contributed by atoms with van der Waals surface area (Å²) in [6.45, 7) is 0.282. The molecule has 0 unspecified atom stereocenters. The number of nitrogens with zero attached hydrogens (tertiary/aromatic N) is 1. The normalized spacial score (nSPS) is 13.4. The Hall–Kier alpha value is -2.37. The first kappa shape index (κ1) is 10.2. The maximum atomic E-state index is 11.1. The Morgan fingerprint density at radius 2 is 2.25 bits per heavy atom. The Labute approximate surface area is 90.5 Å². The summed E-state index contributed by atoms with van der Waals surface area (Å²) in [4.78, 5) is 21.2. The van der Waals surface area contributed by atoms with Crippen LogP contribution in [0.15, 0.2) is 24.5 Å². The molecule has 0 aliphatic carbocycles. The lowest BCUT2D eigenvalue weighted by Crippen LogP contribution is -2.17. The number of nitro groups is 1. The van der Waals surface area contributed by atoms with Crippen molar-refractivity contribution in [2.75, 3.05) is 0 Å². The maximum Gasteiger partial charge on any atom is 0.270 e. The highest BCUT2D eigenvalue weighted by atomic mass is 16.6. The van der Waals surface area contributed by atoms with Gasteiger partial charge >= 0.3 is 0 Å². The first-order valence-corrected chi connectivity index (χ1v) is 4.49. The lowest BCUT2D eigenvalue weighted by atomic mass is 9.98. The number of benzene rings is 1. The molecule has 6 nitrogen and oxygen atoms in total. The van der Waals surface area contributed by atoms with E-state index in [4.69, 9.17) is 10.5 Å². The summed E-state index contributed by atoms with van der Waals surface area (Å²) in [5, 5.41) is 10.6. The fraction of sp³-hybridized carbons (Fsp3) is 0.100. The maximum absolute atomic E-state index is 11.1. The quantitative estimate of drug-likeness (QED) is 0.592. The number of hydrogen-bond donors (Lipinski definition) is 1. The summed E-state index contributed by atoms with van der Waals surface area (Å²) in [5.74, 6) is -0.665. The predicted molar refractivity (Wildman–Crippen MR) is 55.1 cm³/mol. The molecule has 0 spiro atoms. The van der Waals surface area contributed by atoms with E-state index in [-0.39, 0.29) is 17.9 Å². The number of nitro benzene ring substituents is 1. The molecule has 1 aromatic carbocycles. The molecule has 2 rings (SSSR count). The molecule has 1 aliphatic heterocycles. The second-order valence-corrected chi connectivity index (χ2v) is 3.31. The number of carbonyl (C=O) groups is 1. The summed E-state index contributed by atoms with van der Waals surface area (Å²) in [7, 11) is 0. The van der Waals surface area contributed by atoms with Gasteiger partial charge in [-0.3, -0.25) is 14.9 Å². The molecule has 0 atom stereocenters. The van der Waals surface area contributed by atoms with Gasteiger partial charge in [-0.25, -0.2) is 0 Å². The van der Waals surface area contributed by atoms with Crippen LogP contribution >= 0.6 is 0 Å². The minimum Gasteiger partial charge on any atom is -0.496 e. The molecule has 6 heteroatoms. The number of hydrogen-bond acceptors (Lipinski definition) is 4. The number of amides is 1. The summed E-state index contributed by atoms with van der Waals surface area (Å²) < 4.78 is 5.04. The predicted octanol–water partition coefficient (Wildman–Crippen LogP) is 0.951. The molecule has 1 heterocycles. The molecular formula is C10H8N2O4. The van der Waals surface area contributed by atoms with Crippen molar-refractivity contribution in [3.63, 3.8) is 0 Å². The van der Waals surface area contributed by atoms with E-state index in [1.165, 1.54) is 18.4 Å². The van der Waals surface area contributed by atoms with Crippen LogP contribution in [0.25, 0.3) is 5.57 Å². The SMILES string of the molecule is NC(=O)C1=COCc2ccc([N+](=O)[O-])cc21. The zero-order valence-electron chi connectivity index (χ0n) is 8.17. The van der Waals surface area contributed by atoms with E-state index < -0.39 is 10.8 Å². The molecule has 0 saturated carbocycles. The monoisotopic (exact) mass is 220 g/mol. The van der Waals surface area contributed by atoms with Gasteiger partial charge in [-0.05, 0) is 11.6 Å². The molecule has 1 aliphatic rings. The first-order chi connectivity index (χ1) is 7.59. The van der Waals surface area contributed by atoms with E-state index in [2.05, 4.69) is 0 Å². The van der Waals surface area contributed by atoms with Crippen LogP contribution in [0.4, 0.5) is 5.69 Å². The van der Waals surface area contributed by atoms with E-state index >= 15 is 0 Å². The van der Waals surface area contributed by atoms with Gasteiger partial charge < -0.3 is 10.5 Å². The molecule has 0 radical (unpaired) electrons. The molecule has 0 fully saturated rings. The van der Waals surface area contributed by atoms with Gasteiger partial charge in [0.2, 0.25) is 0 Å². The smallest absolute Gasteiger partial charge is 0.270 e. The number of rotatable bonds is 2. The van der Waals surface area contributed by atoms with Crippen molar-refractivity contribution in [2.24, 2.45) is 5.73 Å². The standard InChI is InChI=1S/C10H8N2O4/c11-10(13)9-5-16-4-6-1-2-7(12(14)15)3-8(6)9/h1-3,5H,4H2,(H2,11,13). The van der Waals surface area contributed by atoms with Gasteiger partial charge in [-0.15, -0.1) is 0 Å². The lowest BCUT2D eigenvalue weighted by molar-refractivity contribution is -0.384. The van der Waals surface area contributed by atoms with Gasteiger partial charge in [0.25, 0.3) is 11.6 Å². The topological polar surface area (TPSA) is 95.5 Å². The Morgan fingerprint density at radius 1 is 1.50 bits per heavy atom. The van der Waals surface area contributed by atoms with Crippen LogP contribution in [0.1, 0.15) is 11.1 Å². The second-order valence-electron chi connectivity index (χ2n) is 3.31. The van der Waals surface area contributed by atoms with Gasteiger partial charge in [0, 0.05) is 17.7 Å². The summed E-state index contributed by atoms with van der Waals surface area (Å²) in [5.41, 5.74) is 6.41. The van der Waals surface area contributed by atoms with E-state index in [1.807, 2.05) is 0 Å². The van der Waals surface area contributed by atoms with Crippen molar-refractivity contribution in [3.05, 3.63) is 45.7 Å². The van der Waals surface area contributed by atoms with Crippen LogP contribution in [0.5, 0.6) is 0 Å². The third-order valence-corrected chi connectivity index (χ3v) is 2.30. The molecule has 0 bridgehead atoms. The minimum absolute atomic E-state index is 0.0761. The molecule has 1 amide bonds. The molecule has 1 aromatic rings. The Kier molecular flexibility index (Phi) is 2.32. The largest absolute Gasteiger partial charge is 0.496 e. The number of non-ortho nitro benzene ring substituents is 1. The fourth-order valence-electron chi connectivity index (χ4n) is 1.52. The average Bonchev–Trinajstić information content (AvgIpc) is 2.27. The van der Waals surface area contributed by atoms with E-state index in [0.29, 0.717) is 11.1 Å². The van der Waals surface area contributed by atoms with Crippen LogP contribution in [0.2, 0.25) is 0 Å². The molecule has 2 N–H and O–H groups in total. The summed E-state index contributed by atoms with van der Waals surface area (Å²) in [6, 6.07) is 4.25. The van der Waals surface area contributed by atoms with Gasteiger partial charge in [-0.1, -0.05) is 0 Å². The van der Waals surface area contributed by atoms with Crippen molar-refractivity contribution >= 4 is 17.2 Å². The van der Waals surface area contributed by atoms with Crippen LogP contribution in [-0.4, -0.2) is 10.8 Å².